The maximum Gasteiger partial charge on any atom is 0.254 e. The molecule has 1 aromatic carbocycles. The lowest BCUT2D eigenvalue weighted by Gasteiger charge is -2.17. The topological polar surface area (TPSA) is 80.5 Å². The second-order valence-electron chi connectivity index (χ2n) is 5.17. The molecule has 0 bridgehead atoms. The van der Waals surface area contributed by atoms with Crippen molar-refractivity contribution in [3.05, 3.63) is 29.3 Å². The van der Waals surface area contributed by atoms with Crippen molar-refractivity contribution >= 4 is 15.9 Å². The van der Waals surface area contributed by atoms with E-state index in [2.05, 4.69) is 6.92 Å². The third-order valence-corrected chi connectivity index (χ3v) is 4.38. The van der Waals surface area contributed by atoms with Gasteiger partial charge < -0.3 is 4.90 Å². The first-order valence-corrected chi connectivity index (χ1v) is 7.76. The first-order valence-electron chi connectivity index (χ1n) is 6.22. The lowest BCUT2D eigenvalue weighted by Crippen LogP contribution is -2.29. The molecule has 1 aliphatic rings. The summed E-state index contributed by atoms with van der Waals surface area (Å²) >= 11 is 0. The number of amides is 1. The summed E-state index contributed by atoms with van der Waals surface area (Å²) in [5, 5.41) is 5.07. The van der Waals surface area contributed by atoms with Crippen LogP contribution >= 0.6 is 0 Å². The number of likely N-dealkylation sites (tertiary alicyclic amines) is 1. The number of hydrogen-bond donors (Lipinski definition) is 1. The van der Waals surface area contributed by atoms with E-state index >= 15 is 0 Å². The minimum atomic E-state index is -3.72. The highest BCUT2D eigenvalue weighted by atomic mass is 32.2. The van der Waals surface area contributed by atoms with Gasteiger partial charge in [0.1, 0.15) is 0 Å². The number of nitrogens with two attached hydrogens (primary N) is 1. The van der Waals surface area contributed by atoms with E-state index in [0.29, 0.717) is 17.0 Å². The maximum absolute atomic E-state index is 12.3. The molecule has 2 N–H and O–H groups in total. The number of carbonyl (C=O) groups is 1. The van der Waals surface area contributed by atoms with E-state index in [4.69, 9.17) is 5.14 Å². The largest absolute Gasteiger partial charge is 0.338 e. The lowest BCUT2D eigenvalue weighted by molar-refractivity contribution is 0.0787. The van der Waals surface area contributed by atoms with Gasteiger partial charge in [-0.15, -0.1) is 0 Å². The van der Waals surface area contributed by atoms with Crippen LogP contribution in [0.3, 0.4) is 0 Å². The lowest BCUT2D eigenvalue weighted by atomic mass is 10.1. The first-order chi connectivity index (χ1) is 8.79. The maximum atomic E-state index is 12.3. The number of nitrogens with zero attached hydrogens (tertiary/aromatic N) is 1. The third kappa shape index (κ3) is 2.96. The average Bonchev–Trinajstić information content (AvgIpc) is 2.73. The fourth-order valence-corrected chi connectivity index (χ4v) is 2.94. The van der Waals surface area contributed by atoms with Gasteiger partial charge >= 0.3 is 0 Å². The number of hydrogen-bond acceptors (Lipinski definition) is 3. The molecule has 1 saturated heterocycles. The zero-order valence-electron chi connectivity index (χ0n) is 11.1. The van der Waals surface area contributed by atoms with E-state index in [0.717, 1.165) is 19.5 Å². The number of benzene rings is 1. The Hall–Kier alpha value is -1.40. The zero-order valence-corrected chi connectivity index (χ0v) is 11.9. The summed E-state index contributed by atoms with van der Waals surface area (Å²) in [6.07, 6.45) is 1.01. The van der Waals surface area contributed by atoms with Gasteiger partial charge in [-0.2, -0.15) is 0 Å². The van der Waals surface area contributed by atoms with Crippen molar-refractivity contribution in [2.75, 3.05) is 13.1 Å². The summed E-state index contributed by atoms with van der Waals surface area (Å²) in [4.78, 5) is 14.2. The number of sulfonamides is 1. The van der Waals surface area contributed by atoms with E-state index in [1.807, 2.05) is 4.90 Å². The Morgan fingerprint density at radius 1 is 1.42 bits per heavy atom. The Morgan fingerprint density at radius 3 is 2.58 bits per heavy atom. The molecule has 1 heterocycles. The summed E-state index contributed by atoms with van der Waals surface area (Å²) in [5.41, 5.74) is 1.18. The van der Waals surface area contributed by atoms with Crippen LogP contribution in [0.25, 0.3) is 0 Å². The predicted molar refractivity (Wildman–Crippen MR) is 72.2 cm³/mol. The molecule has 0 spiro atoms. The van der Waals surface area contributed by atoms with Crippen LogP contribution in [0.2, 0.25) is 0 Å². The fourth-order valence-electron chi connectivity index (χ4n) is 2.34. The molecule has 6 heteroatoms. The molecule has 1 aliphatic heterocycles. The van der Waals surface area contributed by atoms with Crippen LogP contribution < -0.4 is 5.14 Å². The number of rotatable bonds is 2. The Balaban J connectivity index is 2.29. The van der Waals surface area contributed by atoms with Crippen molar-refractivity contribution in [1.29, 1.82) is 0 Å². The van der Waals surface area contributed by atoms with Gasteiger partial charge in [0.2, 0.25) is 10.0 Å². The highest BCUT2D eigenvalue weighted by molar-refractivity contribution is 7.89. The second-order valence-corrected chi connectivity index (χ2v) is 6.73. The molecule has 0 radical (unpaired) electrons. The number of aryl methyl sites for hydroxylation is 1. The normalized spacial score (nSPS) is 19.7. The molecular weight excluding hydrogens is 264 g/mol. The van der Waals surface area contributed by atoms with Crippen molar-refractivity contribution in [3.63, 3.8) is 0 Å². The minimum Gasteiger partial charge on any atom is -0.338 e. The van der Waals surface area contributed by atoms with E-state index < -0.39 is 10.0 Å². The second kappa shape index (κ2) is 4.94. The summed E-state index contributed by atoms with van der Waals surface area (Å²) in [6, 6.07) is 4.37. The number of carbonyl (C=O) groups excluding carboxylic acids is 1. The summed E-state index contributed by atoms with van der Waals surface area (Å²) in [7, 11) is -3.72. The van der Waals surface area contributed by atoms with Gasteiger partial charge in [0.15, 0.2) is 0 Å². The molecule has 104 valence electrons. The summed E-state index contributed by atoms with van der Waals surface area (Å²) < 4.78 is 22.5. The van der Waals surface area contributed by atoms with Crippen LogP contribution in [0, 0.1) is 12.8 Å². The fraction of sp³-hybridized carbons (Fsp3) is 0.462. The predicted octanol–water partition coefficient (Wildman–Crippen LogP) is 1.12. The molecule has 1 atom stereocenters. The monoisotopic (exact) mass is 282 g/mol. The molecule has 1 unspecified atom stereocenters. The molecule has 0 aliphatic carbocycles. The van der Waals surface area contributed by atoms with Crippen LogP contribution in [0.5, 0.6) is 0 Å². The van der Waals surface area contributed by atoms with Crippen LogP contribution in [0.15, 0.2) is 23.1 Å². The van der Waals surface area contributed by atoms with Gasteiger partial charge in [0.05, 0.1) is 4.90 Å². The average molecular weight is 282 g/mol. The molecule has 2 rings (SSSR count). The Morgan fingerprint density at radius 2 is 2.11 bits per heavy atom. The van der Waals surface area contributed by atoms with Gasteiger partial charge in [-0.05, 0) is 43.0 Å². The van der Waals surface area contributed by atoms with Gasteiger partial charge in [0, 0.05) is 18.7 Å². The highest BCUT2D eigenvalue weighted by Gasteiger charge is 2.25. The van der Waals surface area contributed by atoms with Crippen molar-refractivity contribution in [2.45, 2.75) is 25.2 Å². The van der Waals surface area contributed by atoms with E-state index in [9.17, 15) is 13.2 Å². The molecule has 0 aromatic heterocycles. The van der Waals surface area contributed by atoms with Crippen molar-refractivity contribution in [3.8, 4) is 0 Å². The van der Waals surface area contributed by atoms with Crippen molar-refractivity contribution < 1.29 is 13.2 Å². The van der Waals surface area contributed by atoms with Crippen LogP contribution in [-0.2, 0) is 10.0 Å². The molecule has 0 saturated carbocycles. The number of primary sulfonamides is 1. The Kier molecular flexibility index (Phi) is 3.64. The van der Waals surface area contributed by atoms with Crippen LogP contribution in [0.1, 0.15) is 29.3 Å². The SMILES string of the molecule is Cc1cc(S(N)(=O)=O)ccc1C(=O)N1CCC(C)C1. The van der Waals surface area contributed by atoms with E-state index in [-0.39, 0.29) is 10.8 Å². The summed E-state index contributed by atoms with van der Waals surface area (Å²) in [6.45, 7) is 5.36. The molecule has 1 amide bonds. The van der Waals surface area contributed by atoms with E-state index in [1.54, 1.807) is 13.0 Å². The van der Waals surface area contributed by atoms with Crippen molar-refractivity contribution in [2.24, 2.45) is 11.1 Å². The molecule has 1 fully saturated rings. The van der Waals surface area contributed by atoms with Gasteiger partial charge in [-0.1, -0.05) is 6.92 Å². The van der Waals surface area contributed by atoms with Crippen LogP contribution in [-0.4, -0.2) is 32.3 Å². The van der Waals surface area contributed by atoms with Gasteiger partial charge in [0.25, 0.3) is 5.91 Å². The Bertz CT molecular complexity index is 610. The molecule has 1 aromatic rings. The Labute approximate surface area is 113 Å². The third-order valence-electron chi connectivity index (χ3n) is 3.47. The first kappa shape index (κ1) is 14.0. The van der Waals surface area contributed by atoms with Gasteiger partial charge in [-0.3, -0.25) is 4.79 Å². The zero-order chi connectivity index (χ0) is 14.2. The molecule has 19 heavy (non-hydrogen) atoms. The summed E-state index contributed by atoms with van der Waals surface area (Å²) in [5.74, 6) is 0.482. The molecule has 5 nitrogen and oxygen atoms in total. The molecular formula is C13H18N2O3S. The minimum absolute atomic E-state index is 0.0383. The van der Waals surface area contributed by atoms with Crippen molar-refractivity contribution in [1.82, 2.24) is 4.90 Å². The van der Waals surface area contributed by atoms with Gasteiger partial charge in [-0.25, -0.2) is 13.6 Å². The standard InChI is InChI=1S/C13H18N2O3S/c1-9-5-6-15(8-9)13(16)12-4-3-11(7-10(12)2)19(14,17)18/h3-4,7,9H,5-6,8H2,1-2H3,(H2,14,17,18). The smallest absolute Gasteiger partial charge is 0.254 e. The van der Waals surface area contributed by atoms with E-state index in [1.165, 1.54) is 12.1 Å². The van der Waals surface area contributed by atoms with Crippen LogP contribution in [0.4, 0.5) is 0 Å². The quantitative estimate of drug-likeness (QED) is 0.882. The highest BCUT2D eigenvalue weighted by Crippen LogP contribution is 2.21.